The number of hydrogen-bond acceptors (Lipinski definition) is 3. The molecule has 1 heterocycles. The van der Waals surface area contributed by atoms with Gasteiger partial charge in [-0.25, -0.2) is 4.39 Å². The van der Waals surface area contributed by atoms with Gasteiger partial charge in [-0.2, -0.15) is 10.2 Å². The van der Waals surface area contributed by atoms with Crippen LogP contribution >= 0.6 is 0 Å². The molecule has 0 atom stereocenters. The molecule has 1 aliphatic rings. The summed E-state index contributed by atoms with van der Waals surface area (Å²) in [5, 5.41) is 17.2. The van der Waals surface area contributed by atoms with E-state index in [4.69, 9.17) is 0 Å². The first-order valence-electron chi connectivity index (χ1n) is 6.65. The lowest BCUT2D eigenvalue weighted by molar-refractivity contribution is 0.299. The smallest absolute Gasteiger partial charge is 0.123 e. The van der Waals surface area contributed by atoms with Gasteiger partial charge in [-0.05, 0) is 53.8 Å². The molecule has 0 radical (unpaired) electrons. The first-order valence-corrected chi connectivity index (χ1v) is 6.65. The first-order chi connectivity index (χ1) is 9.78. The second kappa shape index (κ2) is 5.51. The van der Waals surface area contributed by atoms with Gasteiger partial charge in [0.25, 0.3) is 0 Å². The molecule has 3 rings (SSSR count). The number of fused-ring (bicyclic) bond motifs is 1. The maximum Gasteiger partial charge on any atom is 0.123 e. The molecule has 1 aromatic carbocycles. The van der Waals surface area contributed by atoms with Gasteiger partial charge in [0.1, 0.15) is 5.82 Å². The molecule has 1 aliphatic carbocycles. The van der Waals surface area contributed by atoms with Gasteiger partial charge in [-0.15, -0.1) is 0 Å². The second-order valence-electron chi connectivity index (χ2n) is 4.93. The fourth-order valence-corrected chi connectivity index (χ4v) is 2.73. The molecular formula is C16H15FN2O. The molecule has 0 spiro atoms. The van der Waals surface area contributed by atoms with Gasteiger partial charge in [0.2, 0.25) is 0 Å². The summed E-state index contributed by atoms with van der Waals surface area (Å²) in [6.45, 7) is 0.107. The molecule has 0 amide bonds. The summed E-state index contributed by atoms with van der Waals surface area (Å²) in [6, 6.07) is 8.67. The van der Waals surface area contributed by atoms with Gasteiger partial charge in [0.15, 0.2) is 0 Å². The van der Waals surface area contributed by atoms with Gasteiger partial charge in [-0.3, -0.25) is 0 Å². The van der Waals surface area contributed by atoms with Crippen molar-refractivity contribution in [3.8, 4) is 0 Å². The van der Waals surface area contributed by atoms with Crippen LogP contribution in [0.15, 0.2) is 42.1 Å². The Labute approximate surface area is 116 Å². The predicted octanol–water partition coefficient (Wildman–Crippen LogP) is 2.55. The zero-order chi connectivity index (χ0) is 13.9. The Morgan fingerprint density at radius 3 is 2.90 bits per heavy atom. The SMILES string of the molecule is OCCC1=C(Cc2cccnn2)c2ccc(F)cc2C1. The van der Waals surface area contributed by atoms with Gasteiger partial charge in [0, 0.05) is 19.2 Å². The zero-order valence-electron chi connectivity index (χ0n) is 11.0. The first kappa shape index (κ1) is 12.9. The minimum atomic E-state index is -0.215. The molecule has 4 heteroatoms. The number of halogens is 1. The third-order valence-corrected chi connectivity index (χ3v) is 3.62. The van der Waals surface area contributed by atoms with Crippen LogP contribution in [0.25, 0.3) is 5.57 Å². The summed E-state index contributed by atoms with van der Waals surface area (Å²) in [4.78, 5) is 0. The monoisotopic (exact) mass is 270 g/mol. The van der Waals surface area contributed by atoms with Crippen LogP contribution in [-0.2, 0) is 12.8 Å². The standard InChI is InChI=1S/C16H15FN2O/c17-13-3-4-15-12(9-13)8-11(5-7-20)16(15)10-14-2-1-6-18-19-14/h1-4,6,9,20H,5,7-8,10H2. The second-order valence-corrected chi connectivity index (χ2v) is 4.93. The highest BCUT2D eigenvalue weighted by Crippen LogP contribution is 2.36. The molecule has 2 aromatic rings. The number of benzene rings is 1. The van der Waals surface area contributed by atoms with E-state index in [2.05, 4.69) is 10.2 Å². The van der Waals surface area contributed by atoms with Crippen molar-refractivity contribution in [2.45, 2.75) is 19.3 Å². The lowest BCUT2D eigenvalue weighted by atomic mass is 9.99. The Morgan fingerprint density at radius 1 is 1.25 bits per heavy atom. The molecule has 0 unspecified atom stereocenters. The normalized spacial score (nSPS) is 13.7. The molecular weight excluding hydrogens is 255 g/mol. The van der Waals surface area contributed by atoms with E-state index in [0.717, 1.165) is 22.4 Å². The van der Waals surface area contributed by atoms with Crippen LogP contribution in [0.3, 0.4) is 0 Å². The largest absolute Gasteiger partial charge is 0.396 e. The number of hydrogen-bond donors (Lipinski definition) is 1. The lowest BCUT2D eigenvalue weighted by Gasteiger charge is -2.07. The summed E-state index contributed by atoms with van der Waals surface area (Å²) >= 11 is 0. The summed E-state index contributed by atoms with van der Waals surface area (Å²) in [5.74, 6) is -0.215. The van der Waals surface area contributed by atoms with Crippen LogP contribution in [0, 0.1) is 5.82 Å². The van der Waals surface area contributed by atoms with Crippen LogP contribution in [0.5, 0.6) is 0 Å². The van der Waals surface area contributed by atoms with Crippen molar-refractivity contribution >= 4 is 5.57 Å². The number of aliphatic hydroxyl groups excluding tert-OH is 1. The van der Waals surface area contributed by atoms with Gasteiger partial charge < -0.3 is 5.11 Å². The predicted molar refractivity (Wildman–Crippen MR) is 74.5 cm³/mol. The van der Waals surface area contributed by atoms with E-state index < -0.39 is 0 Å². The van der Waals surface area contributed by atoms with E-state index in [1.54, 1.807) is 12.3 Å². The fourth-order valence-electron chi connectivity index (χ4n) is 2.73. The molecule has 0 aliphatic heterocycles. The molecule has 1 N–H and O–H groups in total. The minimum absolute atomic E-state index is 0.107. The van der Waals surface area contributed by atoms with Gasteiger partial charge >= 0.3 is 0 Å². The maximum absolute atomic E-state index is 13.3. The van der Waals surface area contributed by atoms with Crippen molar-refractivity contribution in [2.24, 2.45) is 0 Å². The van der Waals surface area contributed by atoms with Crippen LogP contribution in [-0.4, -0.2) is 21.9 Å². The maximum atomic E-state index is 13.3. The topological polar surface area (TPSA) is 46.0 Å². The van der Waals surface area contributed by atoms with Crippen LogP contribution < -0.4 is 0 Å². The Morgan fingerprint density at radius 2 is 2.15 bits per heavy atom. The number of allylic oxidation sites excluding steroid dienone is 1. The van der Waals surface area contributed by atoms with Crippen molar-refractivity contribution < 1.29 is 9.50 Å². The quantitative estimate of drug-likeness (QED) is 0.928. The van der Waals surface area contributed by atoms with E-state index in [1.165, 1.54) is 11.6 Å². The average Bonchev–Trinajstić information content (AvgIpc) is 2.77. The van der Waals surface area contributed by atoms with E-state index in [9.17, 15) is 9.50 Å². The molecule has 3 nitrogen and oxygen atoms in total. The highest BCUT2D eigenvalue weighted by Gasteiger charge is 2.22. The van der Waals surface area contributed by atoms with Crippen LogP contribution in [0.2, 0.25) is 0 Å². The molecule has 0 saturated heterocycles. The third-order valence-electron chi connectivity index (χ3n) is 3.62. The van der Waals surface area contributed by atoms with E-state index in [0.29, 0.717) is 19.3 Å². The van der Waals surface area contributed by atoms with E-state index in [-0.39, 0.29) is 12.4 Å². The lowest BCUT2D eigenvalue weighted by Crippen LogP contribution is -1.97. The highest BCUT2D eigenvalue weighted by molar-refractivity contribution is 5.77. The third kappa shape index (κ3) is 2.47. The van der Waals surface area contributed by atoms with E-state index >= 15 is 0 Å². The van der Waals surface area contributed by atoms with Crippen molar-refractivity contribution in [3.05, 3.63) is 64.7 Å². The number of aromatic nitrogens is 2. The molecule has 102 valence electrons. The Balaban J connectivity index is 1.98. The number of aliphatic hydroxyl groups is 1. The van der Waals surface area contributed by atoms with E-state index in [1.807, 2.05) is 18.2 Å². The molecule has 0 bridgehead atoms. The highest BCUT2D eigenvalue weighted by atomic mass is 19.1. The summed E-state index contributed by atoms with van der Waals surface area (Å²) in [6.07, 6.45) is 3.64. The van der Waals surface area contributed by atoms with Gasteiger partial charge in [-0.1, -0.05) is 11.6 Å². The molecule has 1 aromatic heterocycles. The zero-order valence-corrected chi connectivity index (χ0v) is 11.0. The van der Waals surface area contributed by atoms with Crippen molar-refractivity contribution in [1.29, 1.82) is 0 Å². The number of rotatable bonds is 4. The summed E-state index contributed by atoms with van der Waals surface area (Å²) in [5.41, 5.74) is 5.26. The van der Waals surface area contributed by atoms with Crippen molar-refractivity contribution in [3.63, 3.8) is 0 Å². The van der Waals surface area contributed by atoms with Gasteiger partial charge in [0.05, 0.1) is 5.69 Å². The van der Waals surface area contributed by atoms with Crippen LogP contribution in [0.4, 0.5) is 4.39 Å². The van der Waals surface area contributed by atoms with Crippen molar-refractivity contribution in [2.75, 3.05) is 6.61 Å². The number of nitrogens with zero attached hydrogens (tertiary/aromatic N) is 2. The summed E-state index contributed by atoms with van der Waals surface area (Å²) in [7, 11) is 0. The van der Waals surface area contributed by atoms with Crippen molar-refractivity contribution in [1.82, 2.24) is 10.2 Å². The Hall–Kier alpha value is -2.07. The average molecular weight is 270 g/mol. The molecule has 0 fully saturated rings. The molecule has 0 saturated carbocycles. The molecule has 20 heavy (non-hydrogen) atoms. The fraction of sp³-hybridized carbons (Fsp3) is 0.250. The summed E-state index contributed by atoms with van der Waals surface area (Å²) < 4.78 is 13.3. The Kier molecular flexibility index (Phi) is 3.56. The van der Waals surface area contributed by atoms with Crippen LogP contribution in [0.1, 0.15) is 23.2 Å². The Bertz CT molecular complexity index is 653. The minimum Gasteiger partial charge on any atom is -0.396 e.